The number of hydrogen-bond donors (Lipinski definition) is 2. The molecule has 0 bridgehead atoms. The van der Waals surface area contributed by atoms with Crippen LogP contribution >= 0.6 is 0 Å². The molecule has 9 nitrogen and oxygen atoms in total. The highest BCUT2D eigenvalue weighted by Crippen LogP contribution is 2.42. The second-order valence-electron chi connectivity index (χ2n) is 7.66. The van der Waals surface area contributed by atoms with Crippen LogP contribution in [0.3, 0.4) is 0 Å². The molecule has 1 fully saturated rings. The van der Waals surface area contributed by atoms with Gasteiger partial charge >= 0.3 is 18.2 Å². The number of nitrogens with one attached hydrogen (secondary N) is 1. The van der Waals surface area contributed by atoms with Gasteiger partial charge in [-0.3, -0.25) is 14.5 Å². The van der Waals surface area contributed by atoms with Crippen LogP contribution in [0.15, 0.2) is 18.2 Å². The molecule has 4 rings (SSSR count). The Morgan fingerprint density at radius 3 is 2.67 bits per heavy atom. The van der Waals surface area contributed by atoms with E-state index in [0.717, 1.165) is 11.0 Å². The summed E-state index contributed by atoms with van der Waals surface area (Å²) in [6.45, 7) is -0.820. The van der Waals surface area contributed by atoms with Crippen molar-refractivity contribution >= 4 is 29.2 Å². The first-order valence-corrected chi connectivity index (χ1v) is 9.99. The third kappa shape index (κ3) is 4.32. The number of ether oxygens (including phenoxy) is 2. The maximum Gasteiger partial charge on any atom is 0.471 e. The van der Waals surface area contributed by atoms with Crippen LogP contribution in [0, 0.1) is 5.82 Å². The van der Waals surface area contributed by atoms with Crippen LogP contribution in [0.5, 0.6) is 5.75 Å². The summed E-state index contributed by atoms with van der Waals surface area (Å²) < 4.78 is 63.0. The van der Waals surface area contributed by atoms with Gasteiger partial charge in [-0.15, -0.1) is 0 Å². The van der Waals surface area contributed by atoms with Crippen molar-refractivity contribution in [1.29, 1.82) is 0 Å². The first kappa shape index (κ1) is 22.8. The van der Waals surface area contributed by atoms with E-state index in [1.807, 2.05) is 0 Å². The topological polar surface area (TPSA) is 108 Å². The smallest absolute Gasteiger partial charge is 0.471 e. The highest BCUT2D eigenvalue weighted by molar-refractivity contribution is 5.94. The molecular formula is C20H19F4N3O6. The number of hydrogen-bond acceptors (Lipinski definition) is 6. The molecule has 0 radical (unpaired) electrons. The Kier molecular flexibility index (Phi) is 5.91. The van der Waals surface area contributed by atoms with Crippen LogP contribution in [0.4, 0.5) is 28.0 Å². The summed E-state index contributed by atoms with van der Waals surface area (Å²) in [6.07, 6.45) is -5.07. The third-order valence-electron chi connectivity index (χ3n) is 5.69. The fraction of sp³-hybridized carbons (Fsp3) is 0.450. The summed E-state index contributed by atoms with van der Waals surface area (Å²) in [5.41, 5.74) is 0.917. The molecule has 1 saturated heterocycles. The number of alkyl halides is 3. The predicted molar refractivity (Wildman–Crippen MR) is 104 cm³/mol. The van der Waals surface area contributed by atoms with Crippen molar-refractivity contribution in [2.24, 2.45) is 0 Å². The zero-order valence-electron chi connectivity index (χ0n) is 17.0. The molecule has 1 aromatic rings. The van der Waals surface area contributed by atoms with Gasteiger partial charge in [-0.2, -0.15) is 13.2 Å². The third-order valence-corrected chi connectivity index (χ3v) is 5.69. The van der Waals surface area contributed by atoms with Crippen molar-refractivity contribution in [3.8, 4) is 5.75 Å². The molecule has 0 unspecified atom stereocenters. The van der Waals surface area contributed by atoms with E-state index in [1.165, 1.54) is 11.0 Å². The fourth-order valence-corrected chi connectivity index (χ4v) is 4.00. The number of amides is 3. The van der Waals surface area contributed by atoms with E-state index < -0.39 is 55.2 Å². The number of aliphatic hydroxyl groups excluding tert-OH is 1. The minimum absolute atomic E-state index is 0.0654. The van der Waals surface area contributed by atoms with Gasteiger partial charge in [0.25, 0.3) is 0 Å². The van der Waals surface area contributed by atoms with Crippen LogP contribution in [-0.2, 0) is 14.3 Å². The van der Waals surface area contributed by atoms with E-state index in [-0.39, 0.29) is 30.2 Å². The van der Waals surface area contributed by atoms with Crippen LogP contribution in [-0.4, -0.2) is 79.1 Å². The number of halogens is 4. The van der Waals surface area contributed by atoms with Crippen molar-refractivity contribution in [1.82, 2.24) is 10.2 Å². The zero-order valence-corrected chi connectivity index (χ0v) is 17.0. The molecular weight excluding hydrogens is 454 g/mol. The van der Waals surface area contributed by atoms with Crippen molar-refractivity contribution in [3.05, 3.63) is 29.6 Å². The molecule has 3 amide bonds. The van der Waals surface area contributed by atoms with Crippen molar-refractivity contribution < 1.29 is 46.5 Å². The molecule has 33 heavy (non-hydrogen) atoms. The standard InChI is InChI=1S/C20H19F4N3O6/c21-12-6-13-15(5-11(12)10-1-3-26(4-2-10)17(29)8-28)32-9-14-16(33-19(31)27(13)14)7-25-18(30)20(22,23)24/h1,5-6,14,16,28H,2-4,7-9H2,(H,25,30)/t14-,16-/m0/s1. The second-order valence-corrected chi connectivity index (χ2v) is 7.66. The van der Waals surface area contributed by atoms with E-state index in [9.17, 15) is 31.9 Å². The molecule has 0 aromatic heterocycles. The summed E-state index contributed by atoms with van der Waals surface area (Å²) in [7, 11) is 0. The van der Waals surface area contributed by atoms with Gasteiger partial charge in [0.05, 0.1) is 12.2 Å². The van der Waals surface area contributed by atoms with Crippen LogP contribution < -0.4 is 15.0 Å². The second kappa shape index (κ2) is 8.54. The number of cyclic esters (lactones) is 1. The van der Waals surface area contributed by atoms with Gasteiger partial charge < -0.3 is 24.8 Å². The zero-order chi connectivity index (χ0) is 23.9. The minimum atomic E-state index is -5.08. The molecule has 3 aliphatic rings. The maximum absolute atomic E-state index is 15.0. The number of rotatable bonds is 4. The summed E-state index contributed by atoms with van der Waals surface area (Å²) in [5.74, 6) is -3.06. The van der Waals surface area contributed by atoms with Crippen molar-refractivity contribution in [3.63, 3.8) is 0 Å². The predicted octanol–water partition coefficient (Wildman–Crippen LogP) is 1.20. The number of fused-ring (bicyclic) bond motifs is 3. The molecule has 0 aliphatic carbocycles. The summed E-state index contributed by atoms with van der Waals surface area (Å²) in [6, 6.07) is 1.65. The molecule has 178 valence electrons. The van der Waals surface area contributed by atoms with Crippen molar-refractivity contribution in [2.75, 3.05) is 37.7 Å². The molecule has 3 heterocycles. The van der Waals surface area contributed by atoms with Gasteiger partial charge in [-0.25, -0.2) is 9.18 Å². The SMILES string of the molecule is O=C(CO)N1CC=C(c2cc3c(cc2F)N2C(=O)O[C@@H](CNC(=O)C(F)(F)F)[C@@H]2CO3)CC1. The average molecular weight is 473 g/mol. The first-order chi connectivity index (χ1) is 15.6. The Labute approximate surface area is 184 Å². The molecule has 13 heteroatoms. The fourth-order valence-electron chi connectivity index (χ4n) is 4.00. The molecule has 2 N–H and O–H groups in total. The number of benzene rings is 1. The minimum Gasteiger partial charge on any atom is -0.489 e. The van der Waals surface area contributed by atoms with E-state index >= 15 is 0 Å². The molecule has 3 aliphatic heterocycles. The molecule has 0 spiro atoms. The summed E-state index contributed by atoms with van der Waals surface area (Å²) in [4.78, 5) is 37.6. The number of aliphatic hydroxyl groups is 1. The number of nitrogens with zero attached hydrogens (tertiary/aromatic N) is 2. The van der Waals surface area contributed by atoms with Crippen LogP contribution in [0.25, 0.3) is 5.57 Å². The largest absolute Gasteiger partial charge is 0.489 e. The number of anilines is 1. The summed E-state index contributed by atoms with van der Waals surface area (Å²) >= 11 is 0. The van der Waals surface area contributed by atoms with Crippen molar-refractivity contribution in [2.45, 2.75) is 24.7 Å². The van der Waals surface area contributed by atoms with E-state index in [0.29, 0.717) is 18.5 Å². The Balaban J connectivity index is 1.52. The van der Waals surface area contributed by atoms with Gasteiger partial charge in [0, 0.05) is 24.7 Å². The Bertz CT molecular complexity index is 1030. The highest BCUT2D eigenvalue weighted by atomic mass is 19.4. The van der Waals surface area contributed by atoms with Crippen LogP contribution in [0.2, 0.25) is 0 Å². The molecule has 1 aromatic carbocycles. The normalized spacial score (nSPS) is 22.1. The van der Waals surface area contributed by atoms with Gasteiger partial charge in [0.1, 0.15) is 36.9 Å². The lowest BCUT2D eigenvalue weighted by Crippen LogP contribution is -2.49. The van der Waals surface area contributed by atoms with E-state index in [2.05, 4.69) is 0 Å². The Morgan fingerprint density at radius 1 is 1.27 bits per heavy atom. The van der Waals surface area contributed by atoms with E-state index in [1.54, 1.807) is 11.4 Å². The monoisotopic (exact) mass is 473 g/mol. The molecule has 2 atom stereocenters. The lowest BCUT2D eigenvalue weighted by Gasteiger charge is -2.32. The van der Waals surface area contributed by atoms with Crippen LogP contribution in [0.1, 0.15) is 12.0 Å². The maximum atomic E-state index is 15.0. The lowest BCUT2D eigenvalue weighted by molar-refractivity contribution is -0.173. The van der Waals surface area contributed by atoms with Gasteiger partial charge in [0.15, 0.2) is 0 Å². The van der Waals surface area contributed by atoms with Gasteiger partial charge in [-0.1, -0.05) is 6.08 Å². The summed E-state index contributed by atoms with van der Waals surface area (Å²) in [5, 5.41) is 10.6. The highest BCUT2D eigenvalue weighted by Gasteiger charge is 2.48. The number of carbonyl (C=O) groups is 3. The first-order valence-electron chi connectivity index (χ1n) is 9.99. The Morgan fingerprint density at radius 2 is 2.03 bits per heavy atom. The van der Waals surface area contributed by atoms with Gasteiger partial charge in [-0.05, 0) is 18.1 Å². The quantitative estimate of drug-likeness (QED) is 0.637. The average Bonchev–Trinajstić information content (AvgIpc) is 3.11. The van der Waals surface area contributed by atoms with Gasteiger partial charge in [0.2, 0.25) is 5.91 Å². The Hall–Kier alpha value is -3.35. The van der Waals surface area contributed by atoms with E-state index in [4.69, 9.17) is 14.6 Å². The lowest BCUT2D eigenvalue weighted by atomic mass is 9.97. The number of carbonyl (C=O) groups excluding carboxylic acids is 3. The molecule has 0 saturated carbocycles.